The number of hydrogen-bond acceptors (Lipinski definition) is 3. The summed E-state index contributed by atoms with van der Waals surface area (Å²) in [7, 11) is 4.16. The SMILES string of the molecule is CN(CCCC1CCNC1)Cc1cnn(C)c1. The number of nitrogens with one attached hydrogen (secondary N) is 1. The molecule has 4 nitrogen and oxygen atoms in total. The third-order valence-electron chi connectivity index (χ3n) is 3.53. The standard InChI is InChI=1S/C13H24N4/c1-16(10-13-9-15-17(2)11-13)7-3-4-12-5-6-14-8-12/h9,11-12,14H,3-8,10H2,1-2H3. The van der Waals surface area contributed by atoms with Gasteiger partial charge in [0, 0.05) is 25.4 Å². The highest BCUT2D eigenvalue weighted by atomic mass is 15.2. The molecule has 1 N–H and O–H groups in total. The van der Waals surface area contributed by atoms with Crippen molar-refractivity contribution in [2.24, 2.45) is 13.0 Å². The van der Waals surface area contributed by atoms with Crippen molar-refractivity contribution in [2.45, 2.75) is 25.8 Å². The molecule has 1 atom stereocenters. The van der Waals surface area contributed by atoms with E-state index in [0.29, 0.717) is 0 Å². The van der Waals surface area contributed by atoms with Crippen molar-refractivity contribution in [3.63, 3.8) is 0 Å². The second-order valence-electron chi connectivity index (χ2n) is 5.26. The summed E-state index contributed by atoms with van der Waals surface area (Å²) in [5.74, 6) is 0.918. The quantitative estimate of drug-likeness (QED) is 0.807. The Bertz CT molecular complexity index is 328. The molecule has 1 unspecified atom stereocenters. The first-order valence-electron chi connectivity index (χ1n) is 6.61. The third kappa shape index (κ3) is 4.13. The lowest BCUT2D eigenvalue weighted by Crippen LogP contribution is -2.20. The highest BCUT2D eigenvalue weighted by Gasteiger charge is 2.13. The molecule has 2 rings (SSSR count). The van der Waals surface area contributed by atoms with Gasteiger partial charge in [-0.05, 0) is 51.9 Å². The summed E-state index contributed by atoms with van der Waals surface area (Å²) in [6, 6.07) is 0. The van der Waals surface area contributed by atoms with E-state index in [1.807, 2.05) is 17.9 Å². The third-order valence-corrected chi connectivity index (χ3v) is 3.53. The molecule has 0 spiro atoms. The minimum Gasteiger partial charge on any atom is -0.316 e. The Hall–Kier alpha value is -0.870. The van der Waals surface area contributed by atoms with E-state index in [2.05, 4.69) is 28.6 Å². The lowest BCUT2D eigenvalue weighted by atomic mass is 10.0. The van der Waals surface area contributed by atoms with Crippen molar-refractivity contribution in [1.82, 2.24) is 20.0 Å². The number of nitrogens with zero attached hydrogens (tertiary/aromatic N) is 3. The summed E-state index contributed by atoms with van der Waals surface area (Å²) in [4.78, 5) is 2.39. The van der Waals surface area contributed by atoms with Crippen LogP contribution in [0.1, 0.15) is 24.8 Å². The average Bonchev–Trinajstić information content (AvgIpc) is 2.90. The van der Waals surface area contributed by atoms with Crippen molar-refractivity contribution in [3.8, 4) is 0 Å². The van der Waals surface area contributed by atoms with Gasteiger partial charge in [-0.25, -0.2) is 0 Å². The van der Waals surface area contributed by atoms with E-state index in [9.17, 15) is 0 Å². The fourth-order valence-electron chi connectivity index (χ4n) is 2.55. The predicted octanol–water partition coefficient (Wildman–Crippen LogP) is 1.24. The fraction of sp³-hybridized carbons (Fsp3) is 0.769. The number of aryl methyl sites for hydroxylation is 1. The minimum absolute atomic E-state index is 0.918. The second-order valence-corrected chi connectivity index (χ2v) is 5.26. The second kappa shape index (κ2) is 6.17. The highest BCUT2D eigenvalue weighted by molar-refractivity contribution is 5.02. The van der Waals surface area contributed by atoms with Crippen LogP contribution in [0.3, 0.4) is 0 Å². The molecular weight excluding hydrogens is 212 g/mol. The zero-order valence-electron chi connectivity index (χ0n) is 11.0. The zero-order valence-corrected chi connectivity index (χ0v) is 11.0. The van der Waals surface area contributed by atoms with Crippen molar-refractivity contribution in [3.05, 3.63) is 18.0 Å². The Balaban J connectivity index is 1.61. The van der Waals surface area contributed by atoms with Gasteiger partial charge in [0.05, 0.1) is 6.20 Å². The van der Waals surface area contributed by atoms with E-state index in [4.69, 9.17) is 0 Å². The maximum atomic E-state index is 4.19. The summed E-state index contributed by atoms with van der Waals surface area (Å²) in [6.07, 6.45) is 8.09. The van der Waals surface area contributed by atoms with Gasteiger partial charge in [-0.3, -0.25) is 4.68 Å². The molecule has 0 bridgehead atoms. The summed E-state index contributed by atoms with van der Waals surface area (Å²) in [6.45, 7) is 4.64. The van der Waals surface area contributed by atoms with Gasteiger partial charge in [0.1, 0.15) is 0 Å². The van der Waals surface area contributed by atoms with Crippen LogP contribution in [0.25, 0.3) is 0 Å². The molecule has 1 aromatic heterocycles. The van der Waals surface area contributed by atoms with Crippen molar-refractivity contribution >= 4 is 0 Å². The normalized spacial score (nSPS) is 20.3. The summed E-state index contributed by atoms with van der Waals surface area (Å²) < 4.78 is 1.87. The largest absolute Gasteiger partial charge is 0.316 e. The van der Waals surface area contributed by atoms with E-state index in [-0.39, 0.29) is 0 Å². The highest BCUT2D eigenvalue weighted by Crippen LogP contribution is 2.14. The maximum absolute atomic E-state index is 4.19. The molecule has 0 aromatic carbocycles. The molecule has 0 saturated carbocycles. The lowest BCUT2D eigenvalue weighted by Gasteiger charge is -2.16. The van der Waals surface area contributed by atoms with Gasteiger partial charge in [0.25, 0.3) is 0 Å². The first-order valence-corrected chi connectivity index (χ1v) is 6.61. The molecule has 0 radical (unpaired) electrons. The van der Waals surface area contributed by atoms with Crippen LogP contribution in [0.15, 0.2) is 12.4 Å². The van der Waals surface area contributed by atoms with Crippen LogP contribution in [0.5, 0.6) is 0 Å². The Morgan fingerprint density at radius 2 is 2.47 bits per heavy atom. The van der Waals surface area contributed by atoms with Gasteiger partial charge in [-0.2, -0.15) is 5.10 Å². The molecule has 4 heteroatoms. The Labute approximate surface area is 104 Å². The molecule has 1 aromatic rings. The molecule has 0 aliphatic carbocycles. The van der Waals surface area contributed by atoms with Gasteiger partial charge >= 0.3 is 0 Å². The van der Waals surface area contributed by atoms with Crippen molar-refractivity contribution in [1.29, 1.82) is 0 Å². The van der Waals surface area contributed by atoms with Crippen LogP contribution in [0, 0.1) is 5.92 Å². The summed E-state index contributed by atoms with van der Waals surface area (Å²) in [5, 5.41) is 7.62. The van der Waals surface area contributed by atoms with Crippen LogP contribution in [0.2, 0.25) is 0 Å². The Kier molecular flexibility index (Phi) is 4.57. The summed E-state index contributed by atoms with van der Waals surface area (Å²) in [5.41, 5.74) is 1.30. The van der Waals surface area contributed by atoms with Gasteiger partial charge < -0.3 is 10.2 Å². The Morgan fingerprint density at radius 1 is 1.59 bits per heavy atom. The number of aromatic nitrogens is 2. The first kappa shape index (κ1) is 12.6. The van der Waals surface area contributed by atoms with E-state index in [1.165, 1.54) is 44.5 Å². The molecule has 1 aliphatic rings. The van der Waals surface area contributed by atoms with Crippen LogP contribution in [0.4, 0.5) is 0 Å². The average molecular weight is 236 g/mol. The topological polar surface area (TPSA) is 33.1 Å². The number of hydrogen-bond donors (Lipinski definition) is 1. The zero-order chi connectivity index (χ0) is 12.1. The van der Waals surface area contributed by atoms with Crippen LogP contribution in [-0.4, -0.2) is 41.4 Å². The van der Waals surface area contributed by atoms with E-state index < -0.39 is 0 Å². The number of rotatable bonds is 6. The predicted molar refractivity (Wildman–Crippen MR) is 69.8 cm³/mol. The monoisotopic (exact) mass is 236 g/mol. The van der Waals surface area contributed by atoms with Gasteiger partial charge in [0.2, 0.25) is 0 Å². The molecular formula is C13H24N4. The van der Waals surface area contributed by atoms with Crippen molar-refractivity contribution in [2.75, 3.05) is 26.7 Å². The van der Waals surface area contributed by atoms with E-state index in [1.54, 1.807) is 0 Å². The van der Waals surface area contributed by atoms with Crippen molar-refractivity contribution < 1.29 is 0 Å². The van der Waals surface area contributed by atoms with E-state index >= 15 is 0 Å². The summed E-state index contributed by atoms with van der Waals surface area (Å²) >= 11 is 0. The Morgan fingerprint density at radius 3 is 3.12 bits per heavy atom. The minimum atomic E-state index is 0.918. The van der Waals surface area contributed by atoms with Gasteiger partial charge in [-0.1, -0.05) is 0 Å². The van der Waals surface area contributed by atoms with E-state index in [0.717, 1.165) is 12.5 Å². The molecule has 1 aliphatic heterocycles. The molecule has 96 valence electrons. The molecule has 1 saturated heterocycles. The van der Waals surface area contributed by atoms with Gasteiger partial charge in [-0.15, -0.1) is 0 Å². The molecule has 0 amide bonds. The molecule has 2 heterocycles. The smallest absolute Gasteiger partial charge is 0.0534 e. The molecule has 17 heavy (non-hydrogen) atoms. The van der Waals surface area contributed by atoms with Gasteiger partial charge in [0.15, 0.2) is 0 Å². The van der Waals surface area contributed by atoms with Crippen LogP contribution < -0.4 is 5.32 Å². The van der Waals surface area contributed by atoms with Crippen LogP contribution in [-0.2, 0) is 13.6 Å². The lowest BCUT2D eigenvalue weighted by molar-refractivity contribution is 0.308. The molecule has 1 fully saturated rings. The van der Waals surface area contributed by atoms with Crippen LogP contribution >= 0.6 is 0 Å². The maximum Gasteiger partial charge on any atom is 0.0534 e. The first-order chi connectivity index (χ1) is 8.24. The fourth-order valence-corrected chi connectivity index (χ4v) is 2.55.